The van der Waals surface area contributed by atoms with Crippen LogP contribution in [0.15, 0.2) is 30.6 Å². The Labute approximate surface area is 263 Å². The van der Waals surface area contributed by atoms with Gasteiger partial charge in [-0.2, -0.15) is 4.98 Å². The fourth-order valence-corrected chi connectivity index (χ4v) is 8.03. The van der Waals surface area contributed by atoms with Gasteiger partial charge < -0.3 is 24.6 Å². The predicted molar refractivity (Wildman–Crippen MR) is 169 cm³/mol. The van der Waals surface area contributed by atoms with Gasteiger partial charge >= 0.3 is 6.09 Å². The van der Waals surface area contributed by atoms with Crippen molar-refractivity contribution in [3.8, 4) is 0 Å². The van der Waals surface area contributed by atoms with Gasteiger partial charge in [-0.1, -0.05) is 6.42 Å². The average molecular weight is 617 g/mol. The molecule has 2 saturated heterocycles. The van der Waals surface area contributed by atoms with Crippen LogP contribution in [0.5, 0.6) is 0 Å². The standard InChI is InChI=1S/C33H44N8O4/c1-33(2,3)45-32(44)40-23-9-10-24(40)18-39(17-23)29(42)21-8-11-27(34-15-21)36-31-35-16-22-14-26(30(43)38(4)5)41(28(22)37-31)25-13-19-6-7-20(25)12-19/h8,11,14-16,19-20,23-25,29,42H,6-7,9-10,12-13,17-18H2,1-5H3,(H,34,35,36,37)/t19-,20+,23?,24?,25?,29?/m1/s1. The number of aliphatic hydroxyl groups is 1. The minimum atomic E-state index is -0.833. The molecule has 12 nitrogen and oxygen atoms in total. The number of fused-ring (bicyclic) bond motifs is 5. The van der Waals surface area contributed by atoms with Gasteiger partial charge in [-0.15, -0.1) is 0 Å². The summed E-state index contributed by atoms with van der Waals surface area (Å²) in [7, 11) is 3.56. The lowest BCUT2D eigenvalue weighted by molar-refractivity contribution is -0.0574. The molecule has 6 atom stereocenters. The molecular formula is C33H44N8O4. The summed E-state index contributed by atoms with van der Waals surface area (Å²) in [4.78, 5) is 45.5. The molecule has 7 rings (SSSR count). The Hall–Kier alpha value is -3.77. The molecule has 2 amide bonds. The third-order valence-corrected chi connectivity index (χ3v) is 10.0. The molecule has 5 heterocycles. The van der Waals surface area contributed by atoms with E-state index in [4.69, 9.17) is 9.72 Å². The molecule has 2 aliphatic heterocycles. The zero-order valence-corrected chi connectivity index (χ0v) is 26.8. The van der Waals surface area contributed by atoms with Crippen molar-refractivity contribution in [2.75, 3.05) is 32.5 Å². The van der Waals surface area contributed by atoms with Gasteiger partial charge in [0.1, 0.15) is 29.0 Å². The number of nitrogens with one attached hydrogen (secondary N) is 1. The Morgan fingerprint density at radius 1 is 1.04 bits per heavy atom. The van der Waals surface area contributed by atoms with Gasteiger partial charge in [0, 0.05) is 68.7 Å². The van der Waals surface area contributed by atoms with Gasteiger partial charge in [0.05, 0.1) is 0 Å². The van der Waals surface area contributed by atoms with E-state index in [2.05, 4.69) is 19.9 Å². The van der Waals surface area contributed by atoms with Crippen molar-refractivity contribution >= 4 is 34.8 Å². The molecule has 2 N–H and O–H groups in total. The van der Waals surface area contributed by atoms with E-state index in [-0.39, 0.29) is 30.1 Å². The molecule has 2 aliphatic carbocycles. The van der Waals surface area contributed by atoms with E-state index in [9.17, 15) is 14.7 Å². The minimum absolute atomic E-state index is 0.0149. The van der Waals surface area contributed by atoms with Crippen molar-refractivity contribution in [2.45, 2.75) is 89.3 Å². The molecule has 45 heavy (non-hydrogen) atoms. The lowest BCUT2D eigenvalue weighted by atomic mass is 9.95. The molecule has 4 unspecified atom stereocenters. The van der Waals surface area contributed by atoms with E-state index in [1.807, 2.05) is 48.8 Å². The molecule has 0 radical (unpaired) electrons. The fraction of sp³-hybridized carbons (Fsp3) is 0.606. The molecular weight excluding hydrogens is 572 g/mol. The highest BCUT2D eigenvalue weighted by Crippen LogP contribution is 2.52. The molecule has 240 valence electrons. The number of likely N-dealkylation sites (tertiary alicyclic amines) is 1. The second-order valence-electron chi connectivity index (χ2n) is 14.5. The molecule has 0 aromatic carbocycles. The number of hydrogen-bond acceptors (Lipinski definition) is 9. The summed E-state index contributed by atoms with van der Waals surface area (Å²) >= 11 is 0. The summed E-state index contributed by atoms with van der Waals surface area (Å²) in [5.74, 6) is 2.23. The van der Waals surface area contributed by atoms with Gasteiger partial charge in [0.2, 0.25) is 5.95 Å². The first-order valence-electron chi connectivity index (χ1n) is 16.2. The Balaban J connectivity index is 1.06. The van der Waals surface area contributed by atoms with Gasteiger partial charge in [-0.3, -0.25) is 14.6 Å². The molecule has 4 fully saturated rings. The topological polar surface area (TPSA) is 129 Å². The van der Waals surface area contributed by atoms with Gasteiger partial charge in [0.25, 0.3) is 5.91 Å². The number of carbonyl (C=O) groups is 2. The smallest absolute Gasteiger partial charge is 0.410 e. The summed E-state index contributed by atoms with van der Waals surface area (Å²) in [6.07, 6.45) is 8.90. The molecule has 3 aromatic rings. The summed E-state index contributed by atoms with van der Waals surface area (Å²) in [5, 5.41) is 15.3. The normalized spacial score (nSPS) is 26.8. The Bertz CT molecular complexity index is 1580. The van der Waals surface area contributed by atoms with Crippen molar-refractivity contribution in [2.24, 2.45) is 11.8 Å². The number of nitrogens with zero attached hydrogens (tertiary/aromatic N) is 7. The van der Waals surface area contributed by atoms with Crippen LogP contribution < -0.4 is 5.32 Å². The SMILES string of the molecule is CN(C)C(=O)c1cc2cnc(Nc3ccc(C(O)N4CC5CCC(C4)N5C(=O)OC(C)(C)C)cn3)nc2n1C1C[C@@H]2CC[C@H]1C2. The molecule has 4 aliphatic rings. The van der Waals surface area contributed by atoms with E-state index in [0.29, 0.717) is 42.0 Å². The second kappa shape index (κ2) is 11.2. The largest absolute Gasteiger partial charge is 0.444 e. The summed E-state index contributed by atoms with van der Waals surface area (Å²) in [5.41, 5.74) is 1.57. The Kier molecular flexibility index (Phi) is 7.47. The van der Waals surface area contributed by atoms with Crippen LogP contribution in [-0.2, 0) is 4.74 Å². The predicted octanol–water partition coefficient (Wildman–Crippen LogP) is 4.71. The number of amides is 2. The second-order valence-corrected chi connectivity index (χ2v) is 14.5. The van der Waals surface area contributed by atoms with E-state index in [1.54, 1.807) is 31.4 Å². The number of aliphatic hydroxyl groups excluding tert-OH is 1. The van der Waals surface area contributed by atoms with E-state index in [1.165, 1.54) is 19.3 Å². The number of aromatic nitrogens is 4. The minimum Gasteiger partial charge on any atom is -0.444 e. The molecule has 12 heteroatoms. The fourth-order valence-electron chi connectivity index (χ4n) is 8.03. The van der Waals surface area contributed by atoms with Crippen LogP contribution in [0.25, 0.3) is 11.0 Å². The highest BCUT2D eigenvalue weighted by molar-refractivity contribution is 5.98. The van der Waals surface area contributed by atoms with Crippen molar-refractivity contribution < 1.29 is 19.4 Å². The maximum Gasteiger partial charge on any atom is 0.410 e. The third kappa shape index (κ3) is 5.63. The maximum absolute atomic E-state index is 13.2. The van der Waals surface area contributed by atoms with Gasteiger partial charge in [-0.25, -0.2) is 14.8 Å². The number of piperazine rings is 1. The number of ether oxygens (including phenoxy) is 1. The molecule has 4 bridgehead atoms. The first kappa shape index (κ1) is 29.9. The quantitative estimate of drug-likeness (QED) is 0.405. The Morgan fingerprint density at radius 2 is 1.80 bits per heavy atom. The third-order valence-electron chi connectivity index (χ3n) is 10.0. The first-order valence-corrected chi connectivity index (χ1v) is 16.2. The molecule has 3 aromatic heterocycles. The van der Waals surface area contributed by atoms with Crippen LogP contribution in [0.2, 0.25) is 0 Å². The van der Waals surface area contributed by atoms with Crippen LogP contribution >= 0.6 is 0 Å². The Morgan fingerprint density at radius 3 is 2.40 bits per heavy atom. The zero-order chi connectivity index (χ0) is 31.6. The number of anilines is 2. The van der Waals surface area contributed by atoms with Crippen molar-refractivity contribution in [3.63, 3.8) is 0 Å². The zero-order valence-electron chi connectivity index (χ0n) is 26.8. The van der Waals surface area contributed by atoms with E-state index in [0.717, 1.165) is 36.2 Å². The van der Waals surface area contributed by atoms with Crippen LogP contribution in [0.3, 0.4) is 0 Å². The first-order chi connectivity index (χ1) is 21.4. The number of pyridine rings is 1. The number of hydrogen-bond donors (Lipinski definition) is 2. The van der Waals surface area contributed by atoms with E-state index >= 15 is 0 Å². The summed E-state index contributed by atoms with van der Waals surface area (Å²) < 4.78 is 7.81. The summed E-state index contributed by atoms with van der Waals surface area (Å²) in [6.45, 7) is 6.79. The molecule has 0 spiro atoms. The highest BCUT2D eigenvalue weighted by Gasteiger charge is 2.46. The number of carbonyl (C=O) groups excluding carboxylic acids is 2. The van der Waals surface area contributed by atoms with E-state index < -0.39 is 11.8 Å². The summed E-state index contributed by atoms with van der Waals surface area (Å²) in [6, 6.07) is 5.88. The molecule has 2 saturated carbocycles. The maximum atomic E-state index is 13.2. The monoisotopic (exact) mass is 616 g/mol. The van der Waals surface area contributed by atoms with Gasteiger partial charge in [0.15, 0.2) is 0 Å². The van der Waals surface area contributed by atoms with Crippen LogP contribution in [0.1, 0.15) is 87.6 Å². The van der Waals surface area contributed by atoms with Crippen LogP contribution in [0.4, 0.5) is 16.6 Å². The highest BCUT2D eigenvalue weighted by atomic mass is 16.6. The number of rotatable bonds is 6. The average Bonchev–Trinajstić information content (AvgIpc) is 3.77. The lowest BCUT2D eigenvalue weighted by Gasteiger charge is -2.42. The van der Waals surface area contributed by atoms with Crippen LogP contribution in [0, 0.1) is 11.8 Å². The van der Waals surface area contributed by atoms with Crippen molar-refractivity contribution in [1.82, 2.24) is 34.2 Å². The van der Waals surface area contributed by atoms with Gasteiger partial charge in [-0.05, 0) is 82.9 Å². The van der Waals surface area contributed by atoms with Crippen LogP contribution in [-0.4, -0.2) is 96.2 Å². The van der Waals surface area contributed by atoms with Crippen molar-refractivity contribution in [3.05, 3.63) is 41.9 Å². The van der Waals surface area contributed by atoms with Crippen molar-refractivity contribution in [1.29, 1.82) is 0 Å². The lowest BCUT2D eigenvalue weighted by Crippen LogP contribution is -2.57.